The first-order valence-electron chi connectivity index (χ1n) is 6.44. The summed E-state index contributed by atoms with van der Waals surface area (Å²) in [6, 6.07) is 5.68. The van der Waals surface area contributed by atoms with Gasteiger partial charge in [-0.05, 0) is 33.8 Å². The van der Waals surface area contributed by atoms with Crippen molar-refractivity contribution in [3.05, 3.63) is 18.2 Å². The second-order valence-corrected chi connectivity index (χ2v) is 4.60. The number of benzene rings is 1. The maximum atomic E-state index is 5.85. The van der Waals surface area contributed by atoms with Gasteiger partial charge in [0.05, 0.1) is 12.2 Å². The Kier molecular flexibility index (Phi) is 5.78. The molecule has 0 saturated carbocycles. The van der Waals surface area contributed by atoms with Gasteiger partial charge in [0.2, 0.25) is 0 Å². The second kappa shape index (κ2) is 7.11. The maximum Gasteiger partial charge on any atom is 0.123 e. The zero-order chi connectivity index (χ0) is 13.5. The van der Waals surface area contributed by atoms with E-state index in [1.54, 1.807) is 0 Å². The molecule has 0 spiro atoms. The largest absolute Gasteiger partial charge is 0.491 e. The highest BCUT2D eigenvalue weighted by atomic mass is 16.5. The quantitative estimate of drug-likeness (QED) is 0.733. The van der Waals surface area contributed by atoms with Crippen molar-refractivity contribution in [2.75, 3.05) is 24.2 Å². The summed E-state index contributed by atoms with van der Waals surface area (Å²) in [5.41, 5.74) is 7.50. The molecule has 0 radical (unpaired) electrons. The summed E-state index contributed by atoms with van der Waals surface area (Å²) in [6.07, 6.45) is 0.313. The Morgan fingerprint density at radius 3 is 2.56 bits per heavy atom. The number of nitrogens with one attached hydrogen (secondary N) is 1. The summed E-state index contributed by atoms with van der Waals surface area (Å²) < 4.78 is 11.1. The van der Waals surface area contributed by atoms with Crippen LogP contribution in [0.25, 0.3) is 0 Å². The molecule has 0 saturated heterocycles. The molecule has 3 N–H and O–H groups in total. The molecular formula is C14H24N2O2. The van der Waals surface area contributed by atoms with Crippen molar-refractivity contribution in [3.63, 3.8) is 0 Å². The summed E-state index contributed by atoms with van der Waals surface area (Å²) in [4.78, 5) is 0. The summed E-state index contributed by atoms with van der Waals surface area (Å²) >= 11 is 0. The molecule has 0 aliphatic heterocycles. The summed E-state index contributed by atoms with van der Waals surface area (Å²) in [5.74, 6) is 0.788. The molecule has 4 heteroatoms. The van der Waals surface area contributed by atoms with E-state index in [1.165, 1.54) is 0 Å². The molecule has 4 nitrogen and oxygen atoms in total. The standard InChI is InChI=1S/C14H24N2O2/c1-5-17-11(4)9-16-13-6-12(15)7-14(8-13)18-10(2)3/h6-8,10-11,16H,5,9,15H2,1-4H3. The number of ether oxygens (including phenoxy) is 2. The van der Waals surface area contributed by atoms with Gasteiger partial charge in [-0.2, -0.15) is 0 Å². The number of hydrogen-bond donors (Lipinski definition) is 2. The molecule has 18 heavy (non-hydrogen) atoms. The molecule has 0 aromatic heterocycles. The van der Waals surface area contributed by atoms with Crippen LogP contribution in [0.2, 0.25) is 0 Å². The van der Waals surface area contributed by atoms with Crippen LogP contribution in [-0.2, 0) is 4.74 Å². The van der Waals surface area contributed by atoms with E-state index in [1.807, 2.05) is 45.9 Å². The smallest absolute Gasteiger partial charge is 0.123 e. The van der Waals surface area contributed by atoms with Crippen molar-refractivity contribution >= 4 is 11.4 Å². The summed E-state index contributed by atoms with van der Waals surface area (Å²) in [7, 11) is 0. The zero-order valence-corrected chi connectivity index (χ0v) is 11.7. The van der Waals surface area contributed by atoms with Crippen LogP contribution in [0, 0.1) is 0 Å². The van der Waals surface area contributed by atoms with Crippen molar-refractivity contribution < 1.29 is 9.47 Å². The lowest BCUT2D eigenvalue weighted by Gasteiger charge is -2.16. The van der Waals surface area contributed by atoms with Crippen molar-refractivity contribution in [1.29, 1.82) is 0 Å². The van der Waals surface area contributed by atoms with Gasteiger partial charge in [0.1, 0.15) is 5.75 Å². The van der Waals surface area contributed by atoms with Gasteiger partial charge in [-0.15, -0.1) is 0 Å². The van der Waals surface area contributed by atoms with Crippen molar-refractivity contribution in [1.82, 2.24) is 0 Å². The van der Waals surface area contributed by atoms with Crippen LogP contribution in [0.3, 0.4) is 0 Å². The first kappa shape index (κ1) is 14.6. The predicted molar refractivity (Wildman–Crippen MR) is 76.2 cm³/mol. The fraction of sp³-hybridized carbons (Fsp3) is 0.571. The SMILES string of the molecule is CCOC(C)CNc1cc(N)cc(OC(C)C)c1. The van der Waals surface area contributed by atoms with Crippen molar-refractivity contribution in [2.24, 2.45) is 0 Å². The third kappa shape index (κ3) is 5.27. The number of anilines is 2. The minimum Gasteiger partial charge on any atom is -0.491 e. The topological polar surface area (TPSA) is 56.5 Å². The number of rotatable bonds is 7. The molecule has 1 rings (SSSR count). The van der Waals surface area contributed by atoms with E-state index in [9.17, 15) is 0 Å². The molecule has 0 fully saturated rings. The van der Waals surface area contributed by atoms with E-state index in [4.69, 9.17) is 15.2 Å². The van der Waals surface area contributed by atoms with Crippen molar-refractivity contribution in [2.45, 2.75) is 39.9 Å². The van der Waals surface area contributed by atoms with E-state index in [0.29, 0.717) is 5.69 Å². The molecule has 1 aromatic rings. The zero-order valence-electron chi connectivity index (χ0n) is 11.7. The molecule has 0 aliphatic carbocycles. The van der Waals surface area contributed by atoms with Gasteiger partial charge < -0.3 is 20.5 Å². The van der Waals surface area contributed by atoms with E-state index >= 15 is 0 Å². The van der Waals surface area contributed by atoms with Crippen LogP contribution in [0.1, 0.15) is 27.7 Å². The van der Waals surface area contributed by atoms with Crippen LogP contribution in [0.5, 0.6) is 5.75 Å². The van der Waals surface area contributed by atoms with Gasteiger partial charge in [0, 0.05) is 36.7 Å². The molecule has 1 atom stereocenters. The van der Waals surface area contributed by atoms with Crippen LogP contribution in [0.4, 0.5) is 11.4 Å². The van der Waals surface area contributed by atoms with Crippen LogP contribution < -0.4 is 15.8 Å². The Hall–Kier alpha value is -1.42. The third-order valence-corrected chi connectivity index (χ3v) is 2.35. The Morgan fingerprint density at radius 1 is 1.22 bits per heavy atom. The Labute approximate surface area is 109 Å². The van der Waals surface area contributed by atoms with Gasteiger partial charge in [-0.1, -0.05) is 0 Å². The van der Waals surface area contributed by atoms with Gasteiger partial charge >= 0.3 is 0 Å². The number of nitrogens with two attached hydrogens (primary N) is 1. The summed E-state index contributed by atoms with van der Waals surface area (Å²) in [6.45, 7) is 9.49. The monoisotopic (exact) mass is 252 g/mol. The normalized spacial score (nSPS) is 12.5. The lowest BCUT2D eigenvalue weighted by Crippen LogP contribution is -2.19. The minimum atomic E-state index is 0.141. The Balaban J connectivity index is 2.62. The first-order valence-corrected chi connectivity index (χ1v) is 6.44. The van der Waals surface area contributed by atoms with E-state index in [-0.39, 0.29) is 12.2 Å². The number of nitrogen functional groups attached to an aromatic ring is 1. The van der Waals surface area contributed by atoms with Crippen LogP contribution in [-0.4, -0.2) is 25.4 Å². The summed E-state index contributed by atoms with van der Waals surface area (Å²) in [5, 5.41) is 3.30. The van der Waals surface area contributed by atoms with Gasteiger partial charge in [-0.25, -0.2) is 0 Å². The molecule has 1 aromatic carbocycles. The van der Waals surface area contributed by atoms with Crippen molar-refractivity contribution in [3.8, 4) is 5.75 Å². The molecular weight excluding hydrogens is 228 g/mol. The molecule has 0 heterocycles. The Bertz CT molecular complexity index is 367. The van der Waals surface area contributed by atoms with Gasteiger partial charge in [0.25, 0.3) is 0 Å². The van der Waals surface area contributed by atoms with Crippen LogP contribution in [0.15, 0.2) is 18.2 Å². The third-order valence-electron chi connectivity index (χ3n) is 2.35. The van der Waals surface area contributed by atoms with E-state index < -0.39 is 0 Å². The highest BCUT2D eigenvalue weighted by Crippen LogP contribution is 2.23. The van der Waals surface area contributed by atoms with Gasteiger partial charge in [-0.3, -0.25) is 0 Å². The lowest BCUT2D eigenvalue weighted by molar-refractivity contribution is 0.0855. The predicted octanol–water partition coefficient (Wildman–Crippen LogP) is 2.89. The highest BCUT2D eigenvalue weighted by Gasteiger charge is 2.04. The Morgan fingerprint density at radius 2 is 1.94 bits per heavy atom. The van der Waals surface area contributed by atoms with E-state index in [2.05, 4.69) is 5.32 Å². The first-order chi connectivity index (χ1) is 8.51. The molecule has 102 valence electrons. The van der Waals surface area contributed by atoms with Gasteiger partial charge in [0.15, 0.2) is 0 Å². The molecule has 0 bridgehead atoms. The number of hydrogen-bond acceptors (Lipinski definition) is 4. The minimum absolute atomic E-state index is 0.141. The average molecular weight is 252 g/mol. The lowest BCUT2D eigenvalue weighted by atomic mass is 10.2. The fourth-order valence-corrected chi connectivity index (χ4v) is 1.67. The average Bonchev–Trinajstić information content (AvgIpc) is 2.25. The van der Waals surface area contributed by atoms with Crippen LogP contribution >= 0.6 is 0 Å². The highest BCUT2D eigenvalue weighted by molar-refractivity contribution is 5.59. The van der Waals surface area contributed by atoms with E-state index in [0.717, 1.165) is 24.6 Å². The molecule has 0 aliphatic rings. The molecule has 0 amide bonds. The molecule has 1 unspecified atom stereocenters. The second-order valence-electron chi connectivity index (χ2n) is 4.60. The fourth-order valence-electron chi connectivity index (χ4n) is 1.67. The maximum absolute atomic E-state index is 5.85.